The highest BCUT2D eigenvalue weighted by atomic mass is 16.4. The number of carboxylic acids is 1. The third-order valence-corrected chi connectivity index (χ3v) is 0.873. The van der Waals surface area contributed by atoms with E-state index >= 15 is 0 Å². The Morgan fingerprint density at radius 2 is 2.00 bits per heavy atom. The predicted molar refractivity (Wildman–Crippen MR) is 36.0 cm³/mol. The molecule has 0 atom stereocenters. The zero-order valence-corrected chi connectivity index (χ0v) is 6.07. The van der Waals surface area contributed by atoms with Crippen LogP contribution in [0, 0.1) is 0 Å². The summed E-state index contributed by atoms with van der Waals surface area (Å²) in [6, 6.07) is 0. The summed E-state index contributed by atoms with van der Waals surface area (Å²) in [7, 11) is 0. The van der Waals surface area contributed by atoms with Crippen LogP contribution < -0.4 is 5.43 Å². The van der Waals surface area contributed by atoms with E-state index in [2.05, 4.69) is 5.43 Å². The molecule has 0 saturated carbocycles. The molecule has 0 rings (SSSR count). The Labute approximate surface area is 63.4 Å². The third-order valence-electron chi connectivity index (χ3n) is 0.873. The molecule has 11 heavy (non-hydrogen) atoms. The van der Waals surface area contributed by atoms with Gasteiger partial charge in [-0.25, -0.2) is 15.2 Å². The summed E-state index contributed by atoms with van der Waals surface area (Å²) >= 11 is 0. The molecule has 0 aromatic rings. The largest absolute Gasteiger partial charge is 0.480 e. The van der Waals surface area contributed by atoms with E-state index in [1.807, 2.05) is 0 Å². The number of aliphatic carboxylic acids is 1. The van der Waals surface area contributed by atoms with Crippen LogP contribution in [-0.4, -0.2) is 40.4 Å². The maximum Gasteiger partial charge on any atom is 0.422 e. The van der Waals surface area contributed by atoms with Crippen LogP contribution in [0.25, 0.3) is 0 Å². The molecule has 0 saturated heterocycles. The molecule has 0 unspecified atom stereocenters. The van der Waals surface area contributed by atoms with Crippen molar-refractivity contribution in [3.8, 4) is 0 Å². The topological polar surface area (TPSA) is 89.9 Å². The number of nitrogens with one attached hydrogen (secondary N) is 1. The zero-order valence-electron chi connectivity index (χ0n) is 6.07. The molecule has 0 spiro atoms. The highest BCUT2D eigenvalue weighted by molar-refractivity contribution is 5.75. The Balaban J connectivity index is 3.89. The maximum atomic E-state index is 10.2. The van der Waals surface area contributed by atoms with Gasteiger partial charge in [0, 0.05) is 6.54 Å². The Morgan fingerprint density at radius 1 is 1.45 bits per heavy atom. The number of hydrogen-bond donors (Lipinski definition) is 3. The molecule has 0 aliphatic carbocycles. The van der Waals surface area contributed by atoms with E-state index < -0.39 is 18.6 Å². The normalized spacial score (nSPS) is 9.18. The Kier molecular flexibility index (Phi) is 3.97. The molecule has 0 bridgehead atoms. The fourth-order valence-electron chi connectivity index (χ4n) is 0.517. The van der Waals surface area contributed by atoms with Crippen LogP contribution in [-0.2, 0) is 4.79 Å². The molecule has 3 N–H and O–H groups in total. The molecule has 0 fully saturated rings. The zero-order chi connectivity index (χ0) is 8.85. The molecule has 64 valence electrons. The van der Waals surface area contributed by atoms with Crippen LogP contribution in [0.5, 0.6) is 0 Å². The van der Waals surface area contributed by atoms with Crippen molar-refractivity contribution >= 4 is 12.1 Å². The smallest absolute Gasteiger partial charge is 0.422 e. The Hall–Kier alpha value is -1.30. The molecule has 0 aromatic heterocycles. The molecule has 1 amide bonds. The van der Waals surface area contributed by atoms with Gasteiger partial charge in [0.25, 0.3) is 0 Å². The van der Waals surface area contributed by atoms with Crippen LogP contribution >= 0.6 is 0 Å². The van der Waals surface area contributed by atoms with Crippen molar-refractivity contribution in [1.29, 1.82) is 0 Å². The lowest BCUT2D eigenvalue weighted by Gasteiger charge is -2.15. The number of amides is 1. The summed E-state index contributed by atoms with van der Waals surface area (Å²) in [6.45, 7) is 1.50. The number of carboxylic acid groups (broad SMARTS) is 2. The molecule has 0 aliphatic rings. The van der Waals surface area contributed by atoms with Gasteiger partial charge in [-0.05, 0) is 0 Å². The van der Waals surface area contributed by atoms with Gasteiger partial charge in [-0.15, -0.1) is 0 Å². The fourth-order valence-corrected chi connectivity index (χ4v) is 0.517. The molecule has 0 radical (unpaired) electrons. The second-order valence-electron chi connectivity index (χ2n) is 1.77. The van der Waals surface area contributed by atoms with Crippen LogP contribution in [0.2, 0.25) is 0 Å². The lowest BCUT2D eigenvalue weighted by molar-refractivity contribution is -0.138. The minimum Gasteiger partial charge on any atom is -0.480 e. The van der Waals surface area contributed by atoms with E-state index in [0.29, 0.717) is 11.6 Å². The van der Waals surface area contributed by atoms with E-state index in [1.54, 1.807) is 6.92 Å². The van der Waals surface area contributed by atoms with E-state index in [9.17, 15) is 9.59 Å². The number of hydrogen-bond acceptors (Lipinski definition) is 3. The van der Waals surface area contributed by atoms with Crippen LogP contribution in [0.4, 0.5) is 4.79 Å². The van der Waals surface area contributed by atoms with Gasteiger partial charge in [0.15, 0.2) is 0 Å². The van der Waals surface area contributed by atoms with Crippen molar-refractivity contribution in [1.82, 2.24) is 10.4 Å². The van der Waals surface area contributed by atoms with Crippen LogP contribution in [0.1, 0.15) is 6.92 Å². The third kappa shape index (κ3) is 4.15. The second-order valence-corrected chi connectivity index (χ2v) is 1.77. The highest BCUT2D eigenvalue weighted by Gasteiger charge is 2.13. The summed E-state index contributed by atoms with van der Waals surface area (Å²) < 4.78 is 0. The first-order valence-electron chi connectivity index (χ1n) is 3.03. The summed E-state index contributed by atoms with van der Waals surface area (Å²) in [5.74, 6) is -1.19. The van der Waals surface area contributed by atoms with Crippen molar-refractivity contribution in [2.45, 2.75) is 6.92 Å². The molecule has 0 heterocycles. The van der Waals surface area contributed by atoms with Gasteiger partial charge in [-0.3, -0.25) is 4.79 Å². The Bertz CT molecular complexity index is 159. The molecular weight excluding hydrogens is 152 g/mol. The van der Waals surface area contributed by atoms with Crippen LogP contribution in [0.15, 0.2) is 0 Å². The fraction of sp³-hybridized carbons (Fsp3) is 0.600. The SMILES string of the molecule is CCNN(CC(=O)O)C(=O)O. The van der Waals surface area contributed by atoms with Crippen molar-refractivity contribution in [3.63, 3.8) is 0 Å². The average molecular weight is 162 g/mol. The number of carbonyl (C=O) groups is 2. The summed E-state index contributed by atoms with van der Waals surface area (Å²) in [4.78, 5) is 20.3. The molecule has 0 aliphatic heterocycles. The van der Waals surface area contributed by atoms with Gasteiger partial charge >= 0.3 is 12.1 Å². The molecule has 6 nitrogen and oxygen atoms in total. The molecule has 0 aromatic carbocycles. The van der Waals surface area contributed by atoms with Crippen molar-refractivity contribution in [2.75, 3.05) is 13.1 Å². The van der Waals surface area contributed by atoms with E-state index in [0.717, 1.165) is 0 Å². The van der Waals surface area contributed by atoms with Gasteiger partial charge in [0.05, 0.1) is 0 Å². The Morgan fingerprint density at radius 3 is 2.27 bits per heavy atom. The van der Waals surface area contributed by atoms with Crippen molar-refractivity contribution in [3.05, 3.63) is 0 Å². The maximum absolute atomic E-state index is 10.2. The first-order valence-corrected chi connectivity index (χ1v) is 3.03. The first kappa shape index (κ1) is 9.70. The van der Waals surface area contributed by atoms with Gasteiger partial charge in [0.1, 0.15) is 6.54 Å². The van der Waals surface area contributed by atoms with Crippen molar-refractivity contribution < 1.29 is 19.8 Å². The number of nitrogens with zero attached hydrogens (tertiary/aromatic N) is 1. The van der Waals surface area contributed by atoms with E-state index in [4.69, 9.17) is 10.2 Å². The van der Waals surface area contributed by atoms with E-state index in [1.165, 1.54) is 0 Å². The quantitative estimate of drug-likeness (QED) is 0.488. The molecule has 6 heteroatoms. The average Bonchev–Trinajstić information content (AvgIpc) is 1.86. The minimum absolute atomic E-state index is 0.375. The van der Waals surface area contributed by atoms with E-state index in [-0.39, 0.29) is 0 Å². The number of rotatable bonds is 4. The van der Waals surface area contributed by atoms with Gasteiger partial charge < -0.3 is 10.2 Å². The monoisotopic (exact) mass is 162 g/mol. The standard InChI is InChI=1S/C5H10N2O4/c1-2-6-7(5(10)11)3-4(8)9/h6H,2-3H2,1H3,(H,8,9)(H,10,11). The van der Waals surface area contributed by atoms with Crippen molar-refractivity contribution in [2.24, 2.45) is 0 Å². The van der Waals surface area contributed by atoms with Gasteiger partial charge in [-0.2, -0.15) is 0 Å². The van der Waals surface area contributed by atoms with Crippen LogP contribution in [0.3, 0.4) is 0 Å². The lowest BCUT2D eigenvalue weighted by atomic mass is 10.6. The van der Waals surface area contributed by atoms with Gasteiger partial charge in [-0.1, -0.05) is 6.92 Å². The second kappa shape index (κ2) is 4.51. The highest BCUT2D eigenvalue weighted by Crippen LogP contribution is 1.82. The number of hydrazine groups is 1. The lowest BCUT2D eigenvalue weighted by Crippen LogP contribution is -2.44. The first-order chi connectivity index (χ1) is 5.07. The predicted octanol–water partition coefficient (Wildman–Crippen LogP) is -0.424. The van der Waals surface area contributed by atoms with Gasteiger partial charge in [0.2, 0.25) is 0 Å². The summed E-state index contributed by atoms with van der Waals surface area (Å²) in [5, 5.41) is 17.2. The summed E-state index contributed by atoms with van der Waals surface area (Å²) in [6.07, 6.45) is -1.30. The molecular formula is C5H10N2O4. The minimum atomic E-state index is -1.30. The summed E-state index contributed by atoms with van der Waals surface area (Å²) in [5.41, 5.74) is 2.37.